The molecule has 0 saturated heterocycles. The second-order valence-electron chi connectivity index (χ2n) is 5.60. The van der Waals surface area contributed by atoms with Gasteiger partial charge in [0.1, 0.15) is 5.54 Å². The summed E-state index contributed by atoms with van der Waals surface area (Å²) in [5.74, 6) is 0. The quantitative estimate of drug-likeness (QED) is 0.896. The molecule has 2 rings (SSSR count). The van der Waals surface area contributed by atoms with Crippen LogP contribution in [0.4, 0.5) is 0 Å². The zero-order chi connectivity index (χ0) is 14.0. The largest absolute Gasteiger partial charge is 0.310 e. The van der Waals surface area contributed by atoms with Crippen molar-refractivity contribution in [3.63, 3.8) is 0 Å². The molecule has 1 atom stereocenters. The van der Waals surface area contributed by atoms with Crippen LogP contribution >= 0.6 is 0 Å². The molecule has 2 nitrogen and oxygen atoms in total. The lowest BCUT2D eigenvalue weighted by Gasteiger charge is -2.31. The molecule has 1 aromatic carbocycles. The van der Waals surface area contributed by atoms with Gasteiger partial charge in [-0.3, -0.25) is 0 Å². The van der Waals surface area contributed by atoms with Gasteiger partial charge in [-0.05, 0) is 54.5 Å². The van der Waals surface area contributed by atoms with Crippen molar-refractivity contribution in [3.05, 3.63) is 40.5 Å². The van der Waals surface area contributed by atoms with E-state index in [1.807, 2.05) is 6.92 Å². The van der Waals surface area contributed by atoms with Crippen LogP contribution < -0.4 is 5.73 Å². The standard InChI is InChI=1S/C17H22N2/c1-4-5-6-14-7-8-16-12(2)13(3)17(19,11-18)10-15(16)9-14/h7-9H,4-6,10,19H2,1-3H3. The molecule has 100 valence electrons. The van der Waals surface area contributed by atoms with Crippen molar-refractivity contribution < 1.29 is 0 Å². The van der Waals surface area contributed by atoms with Crippen LogP contribution in [0.25, 0.3) is 5.57 Å². The van der Waals surface area contributed by atoms with Crippen LogP contribution in [0.1, 0.15) is 50.3 Å². The van der Waals surface area contributed by atoms with Gasteiger partial charge in [0.2, 0.25) is 0 Å². The Bertz CT molecular complexity index is 563. The SMILES string of the molecule is CCCCc1ccc2c(c1)CC(N)(C#N)C(C)=C2C. The second kappa shape index (κ2) is 5.19. The van der Waals surface area contributed by atoms with E-state index in [-0.39, 0.29) is 0 Å². The smallest absolute Gasteiger partial charge is 0.130 e. The van der Waals surface area contributed by atoms with Crippen molar-refractivity contribution in [1.82, 2.24) is 0 Å². The average molecular weight is 254 g/mol. The van der Waals surface area contributed by atoms with E-state index in [1.165, 1.54) is 29.5 Å². The van der Waals surface area contributed by atoms with Gasteiger partial charge >= 0.3 is 0 Å². The molecule has 0 amide bonds. The highest BCUT2D eigenvalue weighted by molar-refractivity contribution is 5.75. The summed E-state index contributed by atoms with van der Waals surface area (Å²) in [6.07, 6.45) is 4.14. The van der Waals surface area contributed by atoms with E-state index in [9.17, 15) is 5.26 Å². The van der Waals surface area contributed by atoms with E-state index in [0.717, 1.165) is 17.6 Å². The Kier molecular flexibility index (Phi) is 3.78. The first-order valence-electron chi connectivity index (χ1n) is 7.02. The molecular formula is C17H22N2. The molecule has 0 aliphatic heterocycles. The molecule has 0 fully saturated rings. The van der Waals surface area contributed by atoms with Crippen molar-refractivity contribution >= 4 is 5.57 Å². The first-order valence-corrected chi connectivity index (χ1v) is 7.02. The van der Waals surface area contributed by atoms with Crippen molar-refractivity contribution in [1.29, 1.82) is 5.26 Å². The van der Waals surface area contributed by atoms with Gasteiger partial charge in [-0.15, -0.1) is 0 Å². The van der Waals surface area contributed by atoms with Crippen molar-refractivity contribution in [2.75, 3.05) is 0 Å². The average Bonchev–Trinajstić information content (AvgIpc) is 2.42. The Morgan fingerprint density at radius 1 is 1.37 bits per heavy atom. The van der Waals surface area contributed by atoms with Crippen LogP contribution in [-0.2, 0) is 12.8 Å². The maximum atomic E-state index is 9.37. The third-order valence-electron chi connectivity index (χ3n) is 4.29. The molecule has 19 heavy (non-hydrogen) atoms. The number of unbranched alkanes of at least 4 members (excludes halogenated alkanes) is 1. The van der Waals surface area contributed by atoms with Gasteiger partial charge in [0, 0.05) is 6.42 Å². The normalized spacial score (nSPS) is 22.1. The summed E-state index contributed by atoms with van der Waals surface area (Å²) < 4.78 is 0. The topological polar surface area (TPSA) is 49.8 Å². The summed E-state index contributed by atoms with van der Waals surface area (Å²) in [5.41, 5.74) is 11.4. The minimum Gasteiger partial charge on any atom is -0.310 e. The van der Waals surface area contributed by atoms with E-state index >= 15 is 0 Å². The molecule has 0 spiro atoms. The molecule has 0 aromatic heterocycles. The van der Waals surface area contributed by atoms with Crippen LogP contribution in [0.15, 0.2) is 23.8 Å². The lowest BCUT2D eigenvalue weighted by Crippen LogP contribution is -2.44. The van der Waals surface area contributed by atoms with E-state index in [4.69, 9.17) is 5.73 Å². The number of nitrogens with zero attached hydrogens (tertiary/aromatic N) is 1. The molecule has 1 aliphatic carbocycles. The maximum absolute atomic E-state index is 9.37. The minimum absolute atomic E-state index is 0.627. The summed E-state index contributed by atoms with van der Waals surface area (Å²) >= 11 is 0. The summed E-state index contributed by atoms with van der Waals surface area (Å²) in [6.45, 7) is 6.25. The van der Waals surface area contributed by atoms with E-state index in [0.29, 0.717) is 6.42 Å². The fraction of sp³-hybridized carbons (Fsp3) is 0.471. The van der Waals surface area contributed by atoms with Crippen LogP contribution in [0, 0.1) is 11.3 Å². The van der Waals surface area contributed by atoms with Crippen LogP contribution in [0.2, 0.25) is 0 Å². The van der Waals surface area contributed by atoms with Crippen molar-refractivity contribution in [2.24, 2.45) is 5.73 Å². The monoisotopic (exact) mass is 254 g/mol. The molecule has 0 heterocycles. The fourth-order valence-corrected chi connectivity index (χ4v) is 2.79. The zero-order valence-corrected chi connectivity index (χ0v) is 12.1. The predicted octanol–water partition coefficient (Wildman–Crippen LogP) is 3.60. The van der Waals surface area contributed by atoms with E-state index < -0.39 is 5.54 Å². The summed E-state index contributed by atoms with van der Waals surface area (Å²) in [7, 11) is 0. The number of hydrogen-bond donors (Lipinski definition) is 1. The molecule has 1 aliphatic rings. The number of benzene rings is 1. The number of aryl methyl sites for hydroxylation is 1. The highest BCUT2D eigenvalue weighted by Crippen LogP contribution is 2.36. The highest BCUT2D eigenvalue weighted by Gasteiger charge is 2.34. The van der Waals surface area contributed by atoms with Gasteiger partial charge in [-0.25, -0.2) is 0 Å². The molecular weight excluding hydrogens is 232 g/mol. The van der Waals surface area contributed by atoms with Crippen molar-refractivity contribution in [2.45, 2.75) is 52.0 Å². The third-order valence-corrected chi connectivity index (χ3v) is 4.29. The number of fused-ring (bicyclic) bond motifs is 1. The van der Waals surface area contributed by atoms with Gasteiger partial charge < -0.3 is 5.73 Å². The minimum atomic E-state index is -0.833. The Morgan fingerprint density at radius 2 is 2.11 bits per heavy atom. The van der Waals surface area contributed by atoms with E-state index in [1.54, 1.807) is 0 Å². The number of nitrogens with two attached hydrogens (primary N) is 1. The lowest BCUT2D eigenvalue weighted by molar-refractivity contribution is 0.615. The first-order chi connectivity index (χ1) is 9.01. The van der Waals surface area contributed by atoms with Crippen LogP contribution in [0.5, 0.6) is 0 Å². The van der Waals surface area contributed by atoms with E-state index in [2.05, 4.69) is 38.1 Å². The number of nitriles is 1. The Hall–Kier alpha value is -1.59. The zero-order valence-electron chi connectivity index (χ0n) is 12.1. The summed E-state index contributed by atoms with van der Waals surface area (Å²) in [5, 5.41) is 9.37. The van der Waals surface area contributed by atoms with Gasteiger partial charge in [0.25, 0.3) is 0 Å². The molecule has 0 bridgehead atoms. The summed E-state index contributed by atoms with van der Waals surface area (Å²) in [4.78, 5) is 0. The van der Waals surface area contributed by atoms with Gasteiger partial charge in [0.15, 0.2) is 0 Å². The number of allylic oxidation sites excluding steroid dienone is 1. The third kappa shape index (κ3) is 2.43. The second-order valence-corrected chi connectivity index (χ2v) is 5.60. The molecule has 1 unspecified atom stereocenters. The van der Waals surface area contributed by atoms with Gasteiger partial charge in [-0.2, -0.15) is 5.26 Å². The molecule has 1 aromatic rings. The number of hydrogen-bond acceptors (Lipinski definition) is 2. The fourth-order valence-electron chi connectivity index (χ4n) is 2.79. The Morgan fingerprint density at radius 3 is 2.74 bits per heavy atom. The highest BCUT2D eigenvalue weighted by atomic mass is 14.7. The summed E-state index contributed by atoms with van der Waals surface area (Å²) in [6, 6.07) is 8.92. The molecule has 0 radical (unpaired) electrons. The van der Waals surface area contributed by atoms with Crippen LogP contribution in [-0.4, -0.2) is 5.54 Å². The molecule has 2 N–H and O–H groups in total. The molecule has 2 heteroatoms. The maximum Gasteiger partial charge on any atom is 0.130 e. The van der Waals surface area contributed by atoms with Gasteiger partial charge in [-0.1, -0.05) is 31.5 Å². The molecule has 0 saturated carbocycles. The van der Waals surface area contributed by atoms with Gasteiger partial charge in [0.05, 0.1) is 6.07 Å². The van der Waals surface area contributed by atoms with Crippen LogP contribution in [0.3, 0.4) is 0 Å². The first kappa shape index (κ1) is 13.8. The predicted molar refractivity (Wildman–Crippen MR) is 79.6 cm³/mol. The Labute approximate surface area is 115 Å². The lowest BCUT2D eigenvalue weighted by atomic mass is 9.75. The van der Waals surface area contributed by atoms with Crippen molar-refractivity contribution in [3.8, 4) is 6.07 Å². The number of rotatable bonds is 3. The Balaban J connectivity index is 2.43.